The summed E-state index contributed by atoms with van der Waals surface area (Å²) in [5.74, 6) is -0.422. The standard InChI is InChI=1S/C29H24N2O3S/c32-29(30-27-16-8-14-23-12-6-7-15-26(23)27)28(19-21-9-2-1-3-10-21)31-35(33,34)25-18-17-22-11-4-5-13-24(22)20-25/h1-18,20,28,31H,19H2,(H,30,32). The highest BCUT2D eigenvalue weighted by Gasteiger charge is 2.27. The molecule has 0 radical (unpaired) electrons. The van der Waals surface area contributed by atoms with Gasteiger partial charge < -0.3 is 5.32 Å². The average Bonchev–Trinajstić information content (AvgIpc) is 2.89. The number of amides is 1. The van der Waals surface area contributed by atoms with E-state index in [2.05, 4.69) is 10.0 Å². The molecule has 0 aliphatic carbocycles. The number of benzene rings is 5. The Bertz CT molecular complexity index is 1610. The molecule has 5 aromatic carbocycles. The van der Waals surface area contributed by atoms with Gasteiger partial charge in [-0.15, -0.1) is 0 Å². The summed E-state index contributed by atoms with van der Waals surface area (Å²) < 4.78 is 29.4. The van der Waals surface area contributed by atoms with Crippen LogP contribution in [0.2, 0.25) is 0 Å². The molecule has 0 heterocycles. The molecule has 1 atom stereocenters. The number of sulfonamides is 1. The van der Waals surface area contributed by atoms with Crippen molar-refractivity contribution >= 4 is 43.2 Å². The number of anilines is 1. The molecule has 0 saturated heterocycles. The first-order valence-electron chi connectivity index (χ1n) is 11.3. The van der Waals surface area contributed by atoms with Gasteiger partial charge in [-0.25, -0.2) is 8.42 Å². The molecule has 0 aliphatic rings. The van der Waals surface area contributed by atoms with E-state index in [1.54, 1.807) is 18.2 Å². The molecule has 5 nitrogen and oxygen atoms in total. The second kappa shape index (κ2) is 9.70. The Kier molecular flexibility index (Phi) is 6.31. The molecule has 35 heavy (non-hydrogen) atoms. The Morgan fingerprint density at radius 1 is 0.686 bits per heavy atom. The molecule has 0 saturated carbocycles. The minimum Gasteiger partial charge on any atom is -0.324 e. The van der Waals surface area contributed by atoms with E-state index < -0.39 is 22.0 Å². The maximum atomic E-state index is 13.4. The second-order valence-corrected chi connectivity index (χ2v) is 10.1. The topological polar surface area (TPSA) is 75.3 Å². The minimum atomic E-state index is -3.96. The van der Waals surface area contributed by atoms with Crippen LogP contribution in [0.25, 0.3) is 21.5 Å². The first-order valence-corrected chi connectivity index (χ1v) is 12.8. The van der Waals surface area contributed by atoms with Crippen molar-refractivity contribution in [3.8, 4) is 0 Å². The Hall–Kier alpha value is -4.00. The Labute approximate surface area is 204 Å². The normalized spacial score (nSPS) is 12.5. The van der Waals surface area contributed by atoms with Crippen LogP contribution < -0.4 is 10.0 Å². The third-order valence-electron chi connectivity index (χ3n) is 5.98. The van der Waals surface area contributed by atoms with E-state index in [0.717, 1.165) is 27.1 Å². The van der Waals surface area contributed by atoms with Crippen LogP contribution in [0.5, 0.6) is 0 Å². The molecule has 1 unspecified atom stereocenters. The lowest BCUT2D eigenvalue weighted by Crippen LogP contribution is -2.45. The molecule has 2 N–H and O–H groups in total. The summed E-state index contributed by atoms with van der Waals surface area (Å²) in [7, 11) is -3.96. The molecule has 6 heteroatoms. The molecule has 0 bridgehead atoms. The first-order chi connectivity index (χ1) is 17.0. The highest BCUT2D eigenvalue weighted by Crippen LogP contribution is 2.24. The quantitative estimate of drug-likeness (QED) is 0.322. The first kappa shape index (κ1) is 22.8. The van der Waals surface area contributed by atoms with Crippen LogP contribution >= 0.6 is 0 Å². The Morgan fingerprint density at radius 2 is 1.34 bits per heavy atom. The number of hydrogen-bond donors (Lipinski definition) is 2. The summed E-state index contributed by atoms with van der Waals surface area (Å²) in [6.45, 7) is 0. The molecular formula is C29H24N2O3S. The van der Waals surface area contributed by atoms with Crippen molar-refractivity contribution in [2.45, 2.75) is 17.4 Å². The fraction of sp³-hybridized carbons (Fsp3) is 0.0690. The van der Waals surface area contributed by atoms with E-state index in [4.69, 9.17) is 0 Å². The van der Waals surface area contributed by atoms with Gasteiger partial charge in [-0.05, 0) is 46.3 Å². The maximum Gasteiger partial charge on any atom is 0.242 e. The highest BCUT2D eigenvalue weighted by atomic mass is 32.2. The molecule has 0 spiro atoms. The third kappa shape index (κ3) is 5.09. The molecule has 0 fully saturated rings. The van der Waals surface area contributed by atoms with Gasteiger partial charge in [0.15, 0.2) is 0 Å². The summed E-state index contributed by atoms with van der Waals surface area (Å²) >= 11 is 0. The average molecular weight is 481 g/mol. The number of nitrogens with one attached hydrogen (secondary N) is 2. The summed E-state index contributed by atoms with van der Waals surface area (Å²) in [4.78, 5) is 13.6. The zero-order valence-corrected chi connectivity index (χ0v) is 19.7. The van der Waals surface area contributed by atoms with E-state index in [-0.39, 0.29) is 11.3 Å². The van der Waals surface area contributed by atoms with Gasteiger partial charge >= 0.3 is 0 Å². The number of carbonyl (C=O) groups is 1. The number of fused-ring (bicyclic) bond motifs is 2. The van der Waals surface area contributed by atoms with Crippen molar-refractivity contribution in [2.75, 3.05) is 5.32 Å². The fourth-order valence-corrected chi connectivity index (χ4v) is 5.41. The van der Waals surface area contributed by atoms with E-state index in [9.17, 15) is 13.2 Å². The van der Waals surface area contributed by atoms with Crippen LogP contribution in [0.3, 0.4) is 0 Å². The molecule has 5 rings (SSSR count). The lowest BCUT2D eigenvalue weighted by atomic mass is 10.1. The van der Waals surface area contributed by atoms with E-state index >= 15 is 0 Å². The van der Waals surface area contributed by atoms with Crippen molar-refractivity contribution in [1.82, 2.24) is 4.72 Å². The summed E-state index contributed by atoms with van der Waals surface area (Å²) in [6, 6.07) is 34.3. The monoisotopic (exact) mass is 480 g/mol. The van der Waals surface area contributed by atoms with E-state index in [0.29, 0.717) is 5.69 Å². The van der Waals surface area contributed by atoms with Crippen molar-refractivity contribution in [3.63, 3.8) is 0 Å². The Balaban J connectivity index is 1.46. The van der Waals surface area contributed by atoms with Gasteiger partial charge in [0.05, 0.1) is 4.90 Å². The number of carbonyl (C=O) groups excluding carboxylic acids is 1. The van der Waals surface area contributed by atoms with Gasteiger partial charge in [-0.1, -0.05) is 97.1 Å². The predicted octanol–water partition coefficient (Wildman–Crippen LogP) is 5.52. The molecule has 5 aromatic rings. The van der Waals surface area contributed by atoms with Crippen molar-refractivity contribution in [3.05, 3.63) is 121 Å². The smallest absolute Gasteiger partial charge is 0.242 e. The minimum absolute atomic E-state index is 0.118. The lowest BCUT2D eigenvalue weighted by Gasteiger charge is -2.20. The van der Waals surface area contributed by atoms with Crippen molar-refractivity contribution in [1.29, 1.82) is 0 Å². The molecule has 0 aromatic heterocycles. The zero-order chi connectivity index (χ0) is 24.3. The van der Waals surface area contributed by atoms with Crippen LogP contribution in [-0.2, 0) is 21.2 Å². The zero-order valence-electron chi connectivity index (χ0n) is 18.9. The van der Waals surface area contributed by atoms with Gasteiger partial charge in [0.2, 0.25) is 15.9 Å². The van der Waals surface area contributed by atoms with Crippen LogP contribution in [0, 0.1) is 0 Å². The molecule has 0 aliphatic heterocycles. The molecule has 1 amide bonds. The van der Waals surface area contributed by atoms with Gasteiger partial charge in [-0.3, -0.25) is 4.79 Å². The largest absolute Gasteiger partial charge is 0.324 e. The molecular weight excluding hydrogens is 456 g/mol. The van der Waals surface area contributed by atoms with Crippen molar-refractivity contribution < 1.29 is 13.2 Å². The summed E-state index contributed by atoms with van der Waals surface area (Å²) in [5.41, 5.74) is 1.49. The number of rotatable bonds is 7. The van der Waals surface area contributed by atoms with Crippen LogP contribution in [-0.4, -0.2) is 20.4 Å². The maximum absolute atomic E-state index is 13.4. The molecule has 174 valence electrons. The predicted molar refractivity (Wildman–Crippen MR) is 141 cm³/mol. The second-order valence-electron chi connectivity index (χ2n) is 8.39. The van der Waals surface area contributed by atoms with Gasteiger partial charge in [0.1, 0.15) is 6.04 Å². The van der Waals surface area contributed by atoms with E-state index in [1.165, 1.54) is 0 Å². The van der Waals surface area contributed by atoms with Crippen molar-refractivity contribution in [2.24, 2.45) is 0 Å². The summed E-state index contributed by atoms with van der Waals surface area (Å²) in [6.07, 6.45) is 0.213. The van der Waals surface area contributed by atoms with Gasteiger partial charge in [-0.2, -0.15) is 4.72 Å². The van der Waals surface area contributed by atoms with Crippen LogP contribution in [0.1, 0.15) is 5.56 Å². The fourth-order valence-electron chi connectivity index (χ4n) is 4.18. The SMILES string of the molecule is O=C(Nc1cccc2ccccc12)C(Cc1ccccc1)NS(=O)(=O)c1ccc2ccccc2c1. The number of hydrogen-bond acceptors (Lipinski definition) is 3. The Morgan fingerprint density at radius 3 is 2.14 bits per heavy atom. The highest BCUT2D eigenvalue weighted by molar-refractivity contribution is 7.89. The van der Waals surface area contributed by atoms with Gasteiger partial charge in [0, 0.05) is 11.1 Å². The summed E-state index contributed by atoms with van der Waals surface area (Å²) in [5, 5.41) is 6.58. The van der Waals surface area contributed by atoms with E-state index in [1.807, 2.05) is 97.1 Å². The lowest BCUT2D eigenvalue weighted by molar-refractivity contribution is -0.117. The van der Waals surface area contributed by atoms with Crippen LogP contribution in [0.15, 0.2) is 120 Å². The van der Waals surface area contributed by atoms with Gasteiger partial charge in [0.25, 0.3) is 0 Å². The van der Waals surface area contributed by atoms with Crippen LogP contribution in [0.4, 0.5) is 5.69 Å². The third-order valence-corrected chi connectivity index (χ3v) is 7.44.